The predicted octanol–water partition coefficient (Wildman–Crippen LogP) is 2.21. The first-order valence-corrected chi connectivity index (χ1v) is 6.61. The fourth-order valence-corrected chi connectivity index (χ4v) is 2.68. The zero-order valence-corrected chi connectivity index (χ0v) is 11.7. The van der Waals surface area contributed by atoms with Crippen LogP contribution in [-0.2, 0) is 0 Å². The first kappa shape index (κ1) is 12.6. The van der Waals surface area contributed by atoms with Crippen molar-refractivity contribution in [3.63, 3.8) is 0 Å². The minimum Gasteiger partial charge on any atom is -0.457 e. The first-order valence-electron chi connectivity index (χ1n) is 5.82. The van der Waals surface area contributed by atoms with Crippen LogP contribution in [0.2, 0.25) is 0 Å². The molecule has 1 fully saturated rings. The summed E-state index contributed by atoms with van der Waals surface area (Å²) in [6, 6.07) is 1.95. The van der Waals surface area contributed by atoms with E-state index < -0.39 is 0 Å². The molecular formula is C12H17BrN2O2. The van der Waals surface area contributed by atoms with Gasteiger partial charge in [-0.2, -0.15) is 0 Å². The van der Waals surface area contributed by atoms with Crippen LogP contribution in [0, 0.1) is 0 Å². The summed E-state index contributed by atoms with van der Waals surface area (Å²) in [4.78, 5) is 16.6. The van der Waals surface area contributed by atoms with E-state index in [1.54, 1.807) is 6.07 Å². The lowest BCUT2D eigenvalue weighted by Gasteiger charge is -2.27. The van der Waals surface area contributed by atoms with Crippen LogP contribution in [0.5, 0.6) is 0 Å². The minimum atomic E-state index is 0.0495. The van der Waals surface area contributed by atoms with Crippen molar-refractivity contribution < 1.29 is 9.21 Å². The summed E-state index contributed by atoms with van der Waals surface area (Å²) in [7, 11) is 2.10. The van der Waals surface area contributed by atoms with Gasteiger partial charge in [-0.3, -0.25) is 4.79 Å². The molecule has 0 bridgehead atoms. The lowest BCUT2D eigenvalue weighted by Crippen LogP contribution is -2.41. The molecule has 1 amide bonds. The monoisotopic (exact) mass is 300 g/mol. The Hall–Kier alpha value is -0.810. The van der Waals surface area contributed by atoms with E-state index >= 15 is 0 Å². The second kappa shape index (κ2) is 5.23. The van der Waals surface area contributed by atoms with Crippen molar-refractivity contribution >= 4 is 21.8 Å². The van der Waals surface area contributed by atoms with E-state index in [0.717, 1.165) is 26.1 Å². The summed E-state index contributed by atoms with van der Waals surface area (Å²) in [5.41, 5.74) is 0.612. The number of hydrogen-bond acceptors (Lipinski definition) is 3. The summed E-state index contributed by atoms with van der Waals surface area (Å²) in [5.74, 6) is 0.0495. The Morgan fingerprint density at radius 2 is 2.29 bits per heavy atom. The molecule has 1 aliphatic rings. The third-order valence-electron chi connectivity index (χ3n) is 3.16. The van der Waals surface area contributed by atoms with E-state index in [1.807, 2.05) is 4.90 Å². The minimum absolute atomic E-state index is 0.0495. The third kappa shape index (κ3) is 2.72. The molecule has 1 atom stereocenters. The van der Waals surface area contributed by atoms with Crippen LogP contribution >= 0.6 is 15.9 Å². The van der Waals surface area contributed by atoms with Crippen molar-refractivity contribution in [3.8, 4) is 0 Å². The average Bonchev–Trinajstić information content (AvgIpc) is 2.61. The normalized spacial score (nSPS) is 22.5. The Morgan fingerprint density at radius 3 is 2.94 bits per heavy atom. The van der Waals surface area contributed by atoms with Gasteiger partial charge in [0.15, 0.2) is 4.67 Å². The number of nitrogens with zero attached hydrogens (tertiary/aromatic N) is 2. The Balaban J connectivity index is 2.16. The van der Waals surface area contributed by atoms with E-state index in [0.29, 0.717) is 10.2 Å². The molecular weight excluding hydrogens is 284 g/mol. The van der Waals surface area contributed by atoms with Crippen LogP contribution in [0.3, 0.4) is 0 Å². The van der Waals surface area contributed by atoms with Crippen LogP contribution in [0.4, 0.5) is 0 Å². The molecule has 1 saturated heterocycles. The number of carbonyl (C=O) groups excluding carboxylic acids is 1. The number of carbonyl (C=O) groups is 1. The molecule has 2 heterocycles. The molecule has 17 heavy (non-hydrogen) atoms. The largest absolute Gasteiger partial charge is 0.457 e. The van der Waals surface area contributed by atoms with Gasteiger partial charge in [0.05, 0.1) is 11.8 Å². The quantitative estimate of drug-likeness (QED) is 0.798. The lowest BCUT2D eigenvalue weighted by molar-refractivity contribution is 0.0694. The van der Waals surface area contributed by atoms with Gasteiger partial charge in [-0.05, 0) is 48.9 Å². The second-order valence-electron chi connectivity index (χ2n) is 4.57. The molecule has 0 radical (unpaired) electrons. The van der Waals surface area contributed by atoms with Crippen molar-refractivity contribution in [3.05, 3.63) is 22.6 Å². The van der Waals surface area contributed by atoms with Crippen LogP contribution < -0.4 is 0 Å². The SMILES string of the molecule is CC1CN(C)CCCN1C(=O)c1ccoc1Br. The highest BCUT2D eigenvalue weighted by Crippen LogP contribution is 2.21. The number of amides is 1. The third-order valence-corrected chi connectivity index (χ3v) is 3.77. The number of rotatable bonds is 1. The fraction of sp³-hybridized carbons (Fsp3) is 0.583. The lowest BCUT2D eigenvalue weighted by atomic mass is 10.2. The first-order chi connectivity index (χ1) is 8.09. The number of likely N-dealkylation sites (N-methyl/N-ethyl adjacent to an activating group) is 1. The summed E-state index contributed by atoms with van der Waals surface area (Å²) in [6.45, 7) is 4.86. The number of halogens is 1. The molecule has 1 aromatic heterocycles. The number of furan rings is 1. The highest BCUT2D eigenvalue weighted by molar-refractivity contribution is 9.10. The van der Waals surface area contributed by atoms with E-state index in [4.69, 9.17) is 4.42 Å². The molecule has 5 heteroatoms. The highest BCUT2D eigenvalue weighted by atomic mass is 79.9. The molecule has 94 valence electrons. The van der Waals surface area contributed by atoms with Gasteiger partial charge in [-0.1, -0.05) is 0 Å². The predicted molar refractivity (Wildman–Crippen MR) is 69.0 cm³/mol. The Labute approximate surface area is 110 Å². The van der Waals surface area contributed by atoms with Gasteiger partial charge in [0, 0.05) is 19.1 Å². The maximum Gasteiger partial charge on any atom is 0.258 e. The molecule has 1 aromatic rings. The average molecular weight is 301 g/mol. The molecule has 1 aliphatic heterocycles. The van der Waals surface area contributed by atoms with Crippen molar-refractivity contribution in [2.75, 3.05) is 26.7 Å². The van der Waals surface area contributed by atoms with Crippen LogP contribution in [0.25, 0.3) is 0 Å². The molecule has 0 saturated carbocycles. The van der Waals surface area contributed by atoms with Crippen molar-refractivity contribution in [1.29, 1.82) is 0 Å². The Kier molecular flexibility index (Phi) is 3.89. The fourth-order valence-electron chi connectivity index (χ4n) is 2.27. The topological polar surface area (TPSA) is 36.7 Å². The van der Waals surface area contributed by atoms with Gasteiger partial charge in [0.2, 0.25) is 0 Å². The Morgan fingerprint density at radius 1 is 1.53 bits per heavy atom. The van der Waals surface area contributed by atoms with E-state index in [-0.39, 0.29) is 11.9 Å². The molecule has 2 rings (SSSR count). The summed E-state index contributed by atoms with van der Waals surface area (Å²) in [5, 5.41) is 0. The Bertz CT molecular complexity index is 405. The molecule has 0 aromatic carbocycles. The smallest absolute Gasteiger partial charge is 0.258 e. The molecule has 1 unspecified atom stereocenters. The maximum absolute atomic E-state index is 12.4. The number of hydrogen-bond donors (Lipinski definition) is 0. The second-order valence-corrected chi connectivity index (χ2v) is 5.29. The summed E-state index contributed by atoms with van der Waals surface area (Å²) in [6.07, 6.45) is 2.55. The van der Waals surface area contributed by atoms with E-state index in [9.17, 15) is 4.79 Å². The van der Waals surface area contributed by atoms with Gasteiger partial charge < -0.3 is 14.2 Å². The summed E-state index contributed by atoms with van der Waals surface area (Å²) >= 11 is 3.26. The summed E-state index contributed by atoms with van der Waals surface area (Å²) < 4.78 is 5.64. The van der Waals surface area contributed by atoms with Gasteiger partial charge in [0.25, 0.3) is 5.91 Å². The maximum atomic E-state index is 12.4. The highest BCUT2D eigenvalue weighted by Gasteiger charge is 2.26. The van der Waals surface area contributed by atoms with Gasteiger partial charge in [-0.25, -0.2) is 0 Å². The van der Waals surface area contributed by atoms with Gasteiger partial charge >= 0.3 is 0 Å². The zero-order chi connectivity index (χ0) is 12.4. The molecule has 0 aliphatic carbocycles. The van der Waals surface area contributed by atoms with Gasteiger partial charge in [-0.15, -0.1) is 0 Å². The van der Waals surface area contributed by atoms with Crippen molar-refractivity contribution in [2.24, 2.45) is 0 Å². The zero-order valence-electron chi connectivity index (χ0n) is 10.1. The van der Waals surface area contributed by atoms with Crippen molar-refractivity contribution in [2.45, 2.75) is 19.4 Å². The molecule has 4 nitrogen and oxygen atoms in total. The van der Waals surface area contributed by atoms with E-state index in [2.05, 4.69) is 34.8 Å². The van der Waals surface area contributed by atoms with Gasteiger partial charge in [0.1, 0.15) is 0 Å². The van der Waals surface area contributed by atoms with E-state index in [1.165, 1.54) is 6.26 Å². The van der Waals surface area contributed by atoms with Crippen LogP contribution in [-0.4, -0.2) is 48.4 Å². The van der Waals surface area contributed by atoms with Crippen LogP contribution in [0.1, 0.15) is 23.7 Å². The molecule has 0 N–H and O–H groups in total. The molecule has 0 spiro atoms. The standard InChI is InChI=1S/C12H17BrN2O2/c1-9-8-14(2)5-3-6-15(9)12(16)10-4-7-17-11(10)13/h4,7,9H,3,5-6,8H2,1-2H3. The van der Waals surface area contributed by atoms with Crippen molar-refractivity contribution in [1.82, 2.24) is 9.80 Å². The van der Waals surface area contributed by atoms with Crippen LogP contribution in [0.15, 0.2) is 21.4 Å².